The van der Waals surface area contributed by atoms with Gasteiger partial charge in [-0.2, -0.15) is 0 Å². The molecule has 0 saturated carbocycles. The molecule has 20 heavy (non-hydrogen) atoms. The fourth-order valence-electron chi connectivity index (χ4n) is 3.09. The highest BCUT2D eigenvalue weighted by molar-refractivity contribution is 4.88. The molecule has 2 aliphatic heterocycles. The van der Waals surface area contributed by atoms with Crippen molar-refractivity contribution in [2.75, 3.05) is 19.8 Å². The number of fused-ring (bicyclic) bond motifs is 1. The monoisotopic (exact) mass is 282 g/mol. The molecular formula is C17H30O3. The van der Waals surface area contributed by atoms with E-state index in [0.717, 1.165) is 38.9 Å². The summed E-state index contributed by atoms with van der Waals surface area (Å²) in [7, 11) is 0. The second-order valence-corrected chi connectivity index (χ2v) is 6.26. The Bertz CT molecular complexity index is 303. The van der Waals surface area contributed by atoms with Crippen molar-refractivity contribution in [2.24, 2.45) is 11.8 Å². The molecular weight excluding hydrogens is 252 g/mol. The molecule has 3 nitrogen and oxygen atoms in total. The molecule has 0 aromatic rings. The van der Waals surface area contributed by atoms with Crippen molar-refractivity contribution in [3.05, 3.63) is 12.2 Å². The molecule has 0 spiro atoms. The van der Waals surface area contributed by atoms with Gasteiger partial charge in [0.15, 0.2) is 0 Å². The first-order valence-corrected chi connectivity index (χ1v) is 8.20. The minimum Gasteiger partial charge on any atom is -0.379 e. The molecule has 0 aromatic carbocycles. The summed E-state index contributed by atoms with van der Waals surface area (Å²) in [6.45, 7) is 9.02. The Kier molecular flexibility index (Phi) is 6.53. The Balaban J connectivity index is 1.97. The smallest absolute Gasteiger partial charge is 0.108 e. The molecule has 0 amide bonds. The third-order valence-corrected chi connectivity index (χ3v) is 4.78. The van der Waals surface area contributed by atoms with Gasteiger partial charge in [-0.25, -0.2) is 0 Å². The van der Waals surface area contributed by atoms with E-state index in [1.807, 2.05) is 0 Å². The average molecular weight is 282 g/mol. The van der Waals surface area contributed by atoms with Crippen molar-refractivity contribution in [3.8, 4) is 0 Å². The summed E-state index contributed by atoms with van der Waals surface area (Å²) in [5.41, 5.74) is 0. The minimum atomic E-state index is 0.0879. The Hall–Kier alpha value is -0.380. The first kappa shape index (κ1) is 16.0. The lowest BCUT2D eigenvalue weighted by molar-refractivity contribution is -0.197. The topological polar surface area (TPSA) is 27.7 Å². The lowest BCUT2D eigenvalue weighted by Gasteiger charge is -2.43. The van der Waals surface area contributed by atoms with Gasteiger partial charge in [0.25, 0.3) is 0 Å². The van der Waals surface area contributed by atoms with Crippen LogP contribution in [0.25, 0.3) is 0 Å². The van der Waals surface area contributed by atoms with Gasteiger partial charge < -0.3 is 14.2 Å². The van der Waals surface area contributed by atoms with Crippen LogP contribution in [-0.4, -0.2) is 38.1 Å². The molecule has 2 aliphatic rings. The minimum absolute atomic E-state index is 0.0879. The first-order valence-electron chi connectivity index (χ1n) is 8.20. The third kappa shape index (κ3) is 4.31. The van der Waals surface area contributed by atoms with Gasteiger partial charge in [-0.05, 0) is 44.4 Å². The number of ether oxygens (including phenoxy) is 3. The fraction of sp³-hybridized carbons (Fsp3) is 0.882. The molecule has 0 aliphatic carbocycles. The number of hydrogen-bond donors (Lipinski definition) is 0. The maximum absolute atomic E-state index is 6.15. The molecule has 5 atom stereocenters. The van der Waals surface area contributed by atoms with Crippen LogP contribution in [0.1, 0.15) is 46.5 Å². The van der Waals surface area contributed by atoms with Gasteiger partial charge in [0.05, 0.1) is 18.8 Å². The highest BCUT2D eigenvalue weighted by Crippen LogP contribution is 2.32. The van der Waals surface area contributed by atoms with E-state index in [-0.39, 0.29) is 18.3 Å². The van der Waals surface area contributed by atoms with E-state index in [1.54, 1.807) is 0 Å². The van der Waals surface area contributed by atoms with Crippen molar-refractivity contribution in [3.63, 3.8) is 0 Å². The largest absolute Gasteiger partial charge is 0.379 e. The van der Waals surface area contributed by atoms with E-state index in [2.05, 4.69) is 32.9 Å². The van der Waals surface area contributed by atoms with Crippen LogP contribution in [0.2, 0.25) is 0 Å². The van der Waals surface area contributed by atoms with Gasteiger partial charge in [-0.1, -0.05) is 26.0 Å². The lowest BCUT2D eigenvalue weighted by Crippen LogP contribution is -2.51. The number of allylic oxidation sites excluding steroid dienone is 2. The predicted molar refractivity (Wildman–Crippen MR) is 80.8 cm³/mol. The second-order valence-electron chi connectivity index (χ2n) is 6.26. The average Bonchev–Trinajstić information content (AvgIpc) is 2.46. The molecule has 1 saturated heterocycles. The summed E-state index contributed by atoms with van der Waals surface area (Å²) >= 11 is 0. The van der Waals surface area contributed by atoms with Crippen LogP contribution in [0.3, 0.4) is 0 Å². The molecule has 0 aromatic heterocycles. The summed E-state index contributed by atoms with van der Waals surface area (Å²) < 4.78 is 18.1. The SMILES string of the molecule is C[C@@H]1[C@@H](C)[C@H](C)O[C@@H]2COCCC/C=C/CCCO[C@@H]12. The number of hydrogen-bond acceptors (Lipinski definition) is 3. The molecule has 0 bridgehead atoms. The van der Waals surface area contributed by atoms with Gasteiger partial charge in [0, 0.05) is 13.2 Å². The van der Waals surface area contributed by atoms with E-state index in [0.29, 0.717) is 18.4 Å². The Morgan fingerprint density at radius 2 is 1.60 bits per heavy atom. The van der Waals surface area contributed by atoms with Crippen molar-refractivity contribution < 1.29 is 14.2 Å². The predicted octanol–water partition coefficient (Wildman–Crippen LogP) is 3.58. The molecule has 3 heteroatoms. The quantitative estimate of drug-likeness (QED) is 0.636. The highest BCUT2D eigenvalue weighted by Gasteiger charge is 2.40. The van der Waals surface area contributed by atoms with Crippen molar-refractivity contribution in [2.45, 2.75) is 64.8 Å². The summed E-state index contributed by atoms with van der Waals surface area (Å²) in [4.78, 5) is 0. The molecule has 0 N–H and O–H groups in total. The van der Waals surface area contributed by atoms with E-state index in [9.17, 15) is 0 Å². The van der Waals surface area contributed by atoms with Gasteiger partial charge in [0.1, 0.15) is 6.10 Å². The van der Waals surface area contributed by atoms with Crippen LogP contribution in [0.5, 0.6) is 0 Å². The molecule has 116 valence electrons. The third-order valence-electron chi connectivity index (χ3n) is 4.78. The van der Waals surface area contributed by atoms with Crippen LogP contribution >= 0.6 is 0 Å². The van der Waals surface area contributed by atoms with E-state index >= 15 is 0 Å². The maximum atomic E-state index is 6.15. The second kappa shape index (κ2) is 8.16. The number of rotatable bonds is 0. The molecule has 2 rings (SSSR count). The van der Waals surface area contributed by atoms with Gasteiger partial charge in [0.2, 0.25) is 0 Å². The van der Waals surface area contributed by atoms with Crippen LogP contribution in [-0.2, 0) is 14.2 Å². The van der Waals surface area contributed by atoms with E-state index in [4.69, 9.17) is 14.2 Å². The normalized spacial score (nSPS) is 42.6. The van der Waals surface area contributed by atoms with E-state index < -0.39 is 0 Å². The maximum Gasteiger partial charge on any atom is 0.108 e. The Morgan fingerprint density at radius 1 is 0.900 bits per heavy atom. The Labute approximate surface area is 123 Å². The molecule has 1 fully saturated rings. The van der Waals surface area contributed by atoms with Crippen LogP contribution < -0.4 is 0 Å². The Morgan fingerprint density at radius 3 is 2.35 bits per heavy atom. The van der Waals surface area contributed by atoms with Crippen LogP contribution in [0, 0.1) is 11.8 Å². The summed E-state index contributed by atoms with van der Waals surface area (Å²) in [5, 5.41) is 0. The van der Waals surface area contributed by atoms with Crippen molar-refractivity contribution >= 4 is 0 Å². The zero-order valence-corrected chi connectivity index (χ0v) is 13.2. The van der Waals surface area contributed by atoms with Gasteiger partial charge >= 0.3 is 0 Å². The first-order chi connectivity index (χ1) is 9.70. The van der Waals surface area contributed by atoms with Gasteiger partial charge in [-0.15, -0.1) is 0 Å². The highest BCUT2D eigenvalue weighted by atomic mass is 16.6. The molecule has 0 radical (unpaired) electrons. The zero-order chi connectivity index (χ0) is 14.4. The van der Waals surface area contributed by atoms with Crippen molar-refractivity contribution in [1.29, 1.82) is 0 Å². The van der Waals surface area contributed by atoms with Crippen LogP contribution in [0.15, 0.2) is 12.2 Å². The molecule has 2 heterocycles. The lowest BCUT2D eigenvalue weighted by atomic mass is 9.82. The van der Waals surface area contributed by atoms with Gasteiger partial charge in [-0.3, -0.25) is 0 Å². The fourth-order valence-corrected chi connectivity index (χ4v) is 3.09. The summed E-state index contributed by atoms with van der Waals surface area (Å²) in [5.74, 6) is 1.06. The van der Waals surface area contributed by atoms with Crippen molar-refractivity contribution in [1.82, 2.24) is 0 Å². The molecule has 0 unspecified atom stereocenters. The van der Waals surface area contributed by atoms with E-state index in [1.165, 1.54) is 0 Å². The summed E-state index contributed by atoms with van der Waals surface area (Å²) in [6.07, 6.45) is 9.49. The summed E-state index contributed by atoms with van der Waals surface area (Å²) in [6, 6.07) is 0. The van der Waals surface area contributed by atoms with Crippen LogP contribution in [0.4, 0.5) is 0 Å². The standard InChI is InChI=1S/C17H30O3/c1-13-14(2)17-16(20-15(13)3)12-18-10-8-6-4-5-7-9-11-19-17/h4-5,13-17H,6-12H2,1-3H3/b5-4+/t13-,14-,15+,16-,17+/m1/s1. The zero-order valence-electron chi connectivity index (χ0n) is 13.2.